The van der Waals surface area contributed by atoms with Gasteiger partial charge in [0.1, 0.15) is 0 Å². The smallest absolute Gasteiger partial charge is 0.226 e. The predicted molar refractivity (Wildman–Crippen MR) is 136 cm³/mol. The van der Waals surface area contributed by atoms with Crippen LogP contribution in [-0.4, -0.2) is 46.2 Å². The van der Waals surface area contributed by atoms with E-state index in [9.17, 15) is 0 Å². The van der Waals surface area contributed by atoms with Crippen molar-refractivity contribution in [1.82, 2.24) is 15.0 Å². The van der Waals surface area contributed by atoms with Crippen LogP contribution in [0.15, 0.2) is 65.2 Å². The second kappa shape index (κ2) is 11.3. The maximum Gasteiger partial charge on any atom is 0.226 e. The molecule has 2 saturated heterocycles. The fourth-order valence-corrected chi connectivity index (χ4v) is 6.45. The fraction of sp³-hybridized carbons (Fsp3) is 0.500. The largest absolute Gasteiger partial charge is 0.339 e. The molecule has 2 aliphatic heterocycles. The van der Waals surface area contributed by atoms with Crippen molar-refractivity contribution in [2.75, 3.05) is 31.1 Å². The fourth-order valence-electron chi connectivity index (χ4n) is 5.34. The topological polar surface area (TPSA) is 42.2 Å². The van der Waals surface area contributed by atoms with Gasteiger partial charge in [0.05, 0.1) is 0 Å². The Kier molecular flexibility index (Phi) is 7.79. The highest BCUT2D eigenvalue weighted by Crippen LogP contribution is 2.31. The van der Waals surface area contributed by atoms with E-state index in [0.29, 0.717) is 17.8 Å². The molecule has 0 radical (unpaired) electrons. The Bertz CT molecular complexity index is 924. The Balaban J connectivity index is 1.12. The van der Waals surface area contributed by atoms with E-state index in [-0.39, 0.29) is 0 Å². The van der Waals surface area contributed by atoms with Crippen molar-refractivity contribution in [2.45, 2.75) is 50.4 Å². The van der Waals surface area contributed by atoms with Crippen LogP contribution in [0, 0.1) is 5.92 Å². The number of likely N-dealkylation sites (tertiary alicyclic amines) is 1. The van der Waals surface area contributed by atoms with E-state index < -0.39 is 0 Å². The van der Waals surface area contributed by atoms with Crippen molar-refractivity contribution in [3.8, 4) is 0 Å². The summed E-state index contributed by atoms with van der Waals surface area (Å²) in [6, 6.07) is 21.9. The molecule has 174 valence electrons. The molecular weight excluding hydrogens is 426 g/mol. The first-order valence-electron chi connectivity index (χ1n) is 12.6. The molecule has 3 aromatic rings. The Morgan fingerprint density at radius 3 is 2.15 bits per heavy atom. The molecule has 4 nitrogen and oxygen atoms in total. The van der Waals surface area contributed by atoms with Crippen LogP contribution in [0.2, 0.25) is 0 Å². The molecule has 3 heterocycles. The third-order valence-corrected chi connectivity index (χ3v) is 8.43. The van der Waals surface area contributed by atoms with Crippen LogP contribution in [0.1, 0.15) is 66.8 Å². The molecular formula is C28H35N3OS. The second-order valence-corrected chi connectivity index (χ2v) is 10.8. The molecule has 0 aliphatic carbocycles. The van der Waals surface area contributed by atoms with Gasteiger partial charge in [-0.15, -0.1) is 0 Å². The molecule has 33 heavy (non-hydrogen) atoms. The van der Waals surface area contributed by atoms with E-state index >= 15 is 0 Å². The van der Waals surface area contributed by atoms with Gasteiger partial charge in [0, 0.05) is 18.3 Å². The van der Waals surface area contributed by atoms with Crippen molar-refractivity contribution in [3.63, 3.8) is 0 Å². The lowest BCUT2D eigenvalue weighted by molar-refractivity contribution is 0.174. The number of benzene rings is 2. The lowest BCUT2D eigenvalue weighted by atomic mass is 9.87. The normalized spacial score (nSPS) is 18.7. The minimum Gasteiger partial charge on any atom is -0.339 e. The SMILES string of the molecule is c1ccc(C(CCN2CCC(Cc3nc(C4CCSCC4)no3)CC2)c2ccccc2)cc1. The van der Waals surface area contributed by atoms with Gasteiger partial charge in [-0.3, -0.25) is 0 Å². The van der Waals surface area contributed by atoms with Crippen LogP contribution in [0.4, 0.5) is 0 Å². The summed E-state index contributed by atoms with van der Waals surface area (Å²) in [6.07, 6.45) is 6.92. The van der Waals surface area contributed by atoms with Gasteiger partial charge in [-0.25, -0.2) is 0 Å². The summed E-state index contributed by atoms with van der Waals surface area (Å²) in [7, 11) is 0. The molecule has 1 aromatic heterocycles. The number of piperidine rings is 1. The maximum atomic E-state index is 5.64. The Hall–Kier alpha value is -2.11. The molecule has 0 atom stereocenters. The molecule has 2 aliphatic rings. The van der Waals surface area contributed by atoms with Gasteiger partial charge < -0.3 is 9.42 Å². The summed E-state index contributed by atoms with van der Waals surface area (Å²) in [5.74, 6) is 5.89. The first-order valence-corrected chi connectivity index (χ1v) is 13.7. The van der Waals surface area contributed by atoms with Gasteiger partial charge in [0.15, 0.2) is 5.82 Å². The van der Waals surface area contributed by atoms with Crippen LogP contribution in [0.25, 0.3) is 0 Å². The van der Waals surface area contributed by atoms with E-state index in [1.165, 1.54) is 61.4 Å². The first kappa shape index (κ1) is 22.7. The number of thioether (sulfide) groups is 1. The van der Waals surface area contributed by atoms with Gasteiger partial charge in [0.2, 0.25) is 5.89 Å². The third-order valence-electron chi connectivity index (χ3n) is 7.38. The van der Waals surface area contributed by atoms with Gasteiger partial charge in [0.25, 0.3) is 0 Å². The number of hydrogen-bond acceptors (Lipinski definition) is 5. The summed E-state index contributed by atoms with van der Waals surface area (Å²) >= 11 is 2.04. The highest BCUT2D eigenvalue weighted by Gasteiger charge is 2.25. The summed E-state index contributed by atoms with van der Waals surface area (Å²) in [5, 5.41) is 4.32. The summed E-state index contributed by atoms with van der Waals surface area (Å²) in [4.78, 5) is 7.42. The van der Waals surface area contributed by atoms with Crippen molar-refractivity contribution in [2.24, 2.45) is 5.92 Å². The maximum absolute atomic E-state index is 5.64. The molecule has 0 saturated carbocycles. The molecule has 0 unspecified atom stereocenters. The van der Waals surface area contributed by atoms with Crippen LogP contribution in [0.5, 0.6) is 0 Å². The van der Waals surface area contributed by atoms with Gasteiger partial charge >= 0.3 is 0 Å². The summed E-state index contributed by atoms with van der Waals surface area (Å²) in [6.45, 7) is 3.48. The number of rotatable bonds is 8. The minimum absolute atomic E-state index is 0.458. The van der Waals surface area contributed by atoms with Gasteiger partial charge in [-0.05, 0) is 80.3 Å². The lowest BCUT2D eigenvalue weighted by Crippen LogP contribution is -2.35. The molecule has 0 spiro atoms. The summed E-state index contributed by atoms with van der Waals surface area (Å²) in [5.41, 5.74) is 2.84. The van der Waals surface area contributed by atoms with E-state index in [4.69, 9.17) is 9.51 Å². The van der Waals surface area contributed by atoms with E-state index in [2.05, 4.69) is 70.7 Å². The molecule has 0 bridgehead atoms. The molecule has 2 aromatic carbocycles. The Morgan fingerprint density at radius 2 is 1.52 bits per heavy atom. The van der Waals surface area contributed by atoms with Crippen molar-refractivity contribution in [1.29, 1.82) is 0 Å². The van der Waals surface area contributed by atoms with Gasteiger partial charge in [-0.1, -0.05) is 65.8 Å². The standard InChI is InChI=1S/C28H35N3OS/c1-3-7-23(8-4-1)26(24-9-5-2-6-10-24)13-18-31-16-11-22(12-17-31)21-27-29-28(30-32-27)25-14-19-33-20-15-25/h1-10,22,25-26H,11-21H2. The molecule has 0 amide bonds. The Labute approximate surface area is 202 Å². The predicted octanol–water partition coefficient (Wildman–Crippen LogP) is 6.16. The van der Waals surface area contributed by atoms with Crippen LogP contribution in [0.3, 0.4) is 0 Å². The zero-order valence-corrected chi connectivity index (χ0v) is 20.3. The van der Waals surface area contributed by atoms with Crippen molar-refractivity contribution < 1.29 is 4.52 Å². The zero-order valence-electron chi connectivity index (χ0n) is 19.4. The summed E-state index contributed by atoms with van der Waals surface area (Å²) < 4.78 is 5.64. The van der Waals surface area contributed by atoms with Crippen LogP contribution >= 0.6 is 11.8 Å². The monoisotopic (exact) mass is 461 g/mol. The number of hydrogen-bond donors (Lipinski definition) is 0. The molecule has 5 rings (SSSR count). The molecule has 0 N–H and O–H groups in total. The third kappa shape index (κ3) is 6.07. The average molecular weight is 462 g/mol. The lowest BCUT2D eigenvalue weighted by Gasteiger charge is -2.32. The van der Waals surface area contributed by atoms with Crippen molar-refractivity contribution >= 4 is 11.8 Å². The van der Waals surface area contributed by atoms with Crippen molar-refractivity contribution in [3.05, 3.63) is 83.5 Å². The number of nitrogens with zero attached hydrogens (tertiary/aromatic N) is 3. The van der Waals surface area contributed by atoms with E-state index in [1.807, 2.05) is 11.8 Å². The van der Waals surface area contributed by atoms with Crippen LogP contribution in [-0.2, 0) is 6.42 Å². The average Bonchev–Trinajstić information content (AvgIpc) is 3.36. The second-order valence-electron chi connectivity index (χ2n) is 9.58. The number of aromatic nitrogens is 2. The molecule has 2 fully saturated rings. The Morgan fingerprint density at radius 1 is 0.879 bits per heavy atom. The highest BCUT2D eigenvalue weighted by molar-refractivity contribution is 7.99. The first-order chi connectivity index (χ1) is 16.3. The molecule has 5 heteroatoms. The van der Waals surface area contributed by atoms with Crippen LogP contribution < -0.4 is 0 Å². The van der Waals surface area contributed by atoms with Gasteiger partial charge in [-0.2, -0.15) is 16.7 Å². The van der Waals surface area contributed by atoms with E-state index in [0.717, 1.165) is 31.1 Å². The zero-order chi connectivity index (χ0) is 22.3. The minimum atomic E-state index is 0.458. The highest BCUT2D eigenvalue weighted by atomic mass is 32.2. The van der Waals surface area contributed by atoms with E-state index in [1.54, 1.807) is 0 Å². The quantitative estimate of drug-likeness (QED) is 0.402.